The quantitative estimate of drug-likeness (QED) is 0.358. The number of ketones is 2. The molecule has 5 nitrogen and oxygen atoms in total. The Morgan fingerprint density at radius 3 is 2.40 bits per heavy atom. The van der Waals surface area contributed by atoms with Crippen molar-refractivity contribution >= 4 is 35.0 Å². The molecule has 4 aliphatic carbocycles. The van der Waals surface area contributed by atoms with Crippen molar-refractivity contribution in [2.75, 3.05) is 5.32 Å². The predicted molar refractivity (Wildman–Crippen MR) is 169 cm³/mol. The minimum absolute atomic E-state index is 0.0753. The largest absolute Gasteiger partial charge is 0.331 e. The van der Waals surface area contributed by atoms with Crippen molar-refractivity contribution in [1.29, 1.82) is 0 Å². The molecule has 6 heteroatoms. The van der Waals surface area contributed by atoms with Crippen molar-refractivity contribution in [2.24, 2.45) is 34.5 Å². The molecule has 3 saturated carbocycles. The van der Waals surface area contributed by atoms with Gasteiger partial charge in [0.15, 0.2) is 5.78 Å². The van der Waals surface area contributed by atoms with E-state index >= 15 is 0 Å². The van der Waals surface area contributed by atoms with Gasteiger partial charge in [-0.1, -0.05) is 49.8 Å². The SMILES string of the molecule is CC(=O)[C@H]1CC[C@H]2[C@@H]3[C@H](Sc4ccc(NC(=O)N[C@H](C)c5ccccc5)cc4)CC4=CC(=O)CC[C@]4(C)[C@H]3CC[C@]12C. The van der Waals surface area contributed by atoms with E-state index in [0.29, 0.717) is 35.2 Å². The first kappa shape index (κ1) is 29.2. The standard InChI is InChI=1S/C36H44N2O3S/c1-22(24-8-6-5-7-9-24)37-34(41)38-26-10-12-28(13-11-26)42-32-21-25-20-27(40)16-18-35(25,3)31-17-19-36(4)29(23(2)39)14-15-30(36)33(31)32/h5-13,20,22,29-33H,14-19,21H2,1-4H3,(H2,37,38,41)/t22-,29-,30+,31+,32-,33+,35+,36-/m1/s1. The van der Waals surface area contributed by atoms with Gasteiger partial charge in [-0.25, -0.2) is 4.79 Å². The molecule has 222 valence electrons. The van der Waals surface area contributed by atoms with Crippen LogP contribution in [-0.4, -0.2) is 22.8 Å². The van der Waals surface area contributed by atoms with Gasteiger partial charge in [0, 0.05) is 28.2 Å². The normalized spacial score (nSPS) is 34.3. The van der Waals surface area contributed by atoms with Crippen molar-refractivity contribution in [3.8, 4) is 0 Å². The third-order valence-corrected chi connectivity index (χ3v) is 12.8. The first-order chi connectivity index (χ1) is 20.1. The second-order valence-corrected chi connectivity index (χ2v) is 15.1. The first-order valence-corrected chi connectivity index (χ1v) is 16.6. The number of hydrogen-bond acceptors (Lipinski definition) is 4. The van der Waals surface area contributed by atoms with Crippen molar-refractivity contribution < 1.29 is 14.4 Å². The van der Waals surface area contributed by atoms with Crippen LogP contribution in [0, 0.1) is 34.5 Å². The molecule has 2 amide bonds. The Bertz CT molecular complexity index is 1390. The Hall–Kier alpha value is -2.86. The average molecular weight is 585 g/mol. The monoisotopic (exact) mass is 584 g/mol. The van der Waals surface area contributed by atoms with Crippen LogP contribution in [0.4, 0.5) is 10.5 Å². The van der Waals surface area contributed by atoms with E-state index in [2.05, 4.69) is 36.6 Å². The fourth-order valence-corrected chi connectivity index (χ4v) is 10.7. The van der Waals surface area contributed by atoms with Gasteiger partial charge in [0.25, 0.3) is 0 Å². The summed E-state index contributed by atoms with van der Waals surface area (Å²) in [7, 11) is 0. The summed E-state index contributed by atoms with van der Waals surface area (Å²) in [5.41, 5.74) is 3.34. The number of rotatable bonds is 6. The van der Waals surface area contributed by atoms with Crippen LogP contribution < -0.4 is 10.6 Å². The molecule has 0 heterocycles. The van der Waals surface area contributed by atoms with Crippen molar-refractivity contribution in [2.45, 2.75) is 88.8 Å². The fourth-order valence-electron chi connectivity index (χ4n) is 9.27. The molecule has 0 spiro atoms. The Balaban J connectivity index is 1.20. The summed E-state index contributed by atoms with van der Waals surface area (Å²) >= 11 is 1.93. The molecule has 0 radical (unpaired) electrons. The van der Waals surface area contributed by atoms with Crippen LogP contribution in [0.2, 0.25) is 0 Å². The Kier molecular flexibility index (Phi) is 7.88. The number of fused-ring (bicyclic) bond motifs is 5. The highest BCUT2D eigenvalue weighted by molar-refractivity contribution is 8.00. The third-order valence-electron chi connectivity index (χ3n) is 11.5. The number of Topliss-reactive ketones (excluding diaryl/α,β-unsaturated/α-hetero) is 1. The molecule has 0 bridgehead atoms. The highest BCUT2D eigenvalue weighted by atomic mass is 32.2. The van der Waals surface area contributed by atoms with Gasteiger partial charge in [-0.2, -0.15) is 0 Å². The topological polar surface area (TPSA) is 75.3 Å². The molecule has 6 rings (SSSR count). The zero-order valence-electron chi connectivity index (χ0n) is 25.3. The van der Waals surface area contributed by atoms with Crippen LogP contribution >= 0.6 is 11.8 Å². The molecule has 0 aromatic heterocycles. The number of anilines is 1. The maximum Gasteiger partial charge on any atom is 0.319 e. The summed E-state index contributed by atoms with van der Waals surface area (Å²) in [5, 5.41) is 6.36. The molecule has 3 fully saturated rings. The van der Waals surface area contributed by atoms with Gasteiger partial charge in [-0.15, -0.1) is 11.8 Å². The summed E-state index contributed by atoms with van der Waals surface area (Å²) in [5.74, 6) is 2.42. The van der Waals surface area contributed by atoms with E-state index in [-0.39, 0.29) is 34.6 Å². The van der Waals surface area contributed by atoms with E-state index in [0.717, 1.165) is 49.8 Å². The lowest BCUT2D eigenvalue weighted by Gasteiger charge is -2.60. The lowest BCUT2D eigenvalue weighted by molar-refractivity contribution is -0.128. The first-order valence-electron chi connectivity index (χ1n) is 15.7. The van der Waals surface area contributed by atoms with Gasteiger partial charge in [0.2, 0.25) is 0 Å². The average Bonchev–Trinajstić information content (AvgIpc) is 3.33. The number of nitrogens with one attached hydrogen (secondary N) is 2. The molecule has 2 N–H and O–H groups in total. The second-order valence-electron chi connectivity index (χ2n) is 13.7. The van der Waals surface area contributed by atoms with E-state index in [1.165, 1.54) is 10.5 Å². The highest BCUT2D eigenvalue weighted by Crippen LogP contribution is 2.68. The molecule has 4 aliphatic rings. The van der Waals surface area contributed by atoms with Gasteiger partial charge in [0.1, 0.15) is 5.78 Å². The third kappa shape index (κ3) is 5.25. The summed E-state index contributed by atoms with van der Waals surface area (Å²) in [6, 6.07) is 17.8. The number of amides is 2. The van der Waals surface area contributed by atoms with E-state index in [9.17, 15) is 14.4 Å². The molecular weight excluding hydrogens is 540 g/mol. The Morgan fingerprint density at radius 1 is 0.952 bits per heavy atom. The maximum atomic E-state index is 12.7. The lowest BCUT2D eigenvalue weighted by Crippen LogP contribution is -2.55. The summed E-state index contributed by atoms with van der Waals surface area (Å²) < 4.78 is 0. The summed E-state index contributed by atoms with van der Waals surface area (Å²) in [6.07, 6.45) is 8.93. The molecule has 0 saturated heterocycles. The van der Waals surface area contributed by atoms with Crippen molar-refractivity contribution in [1.82, 2.24) is 5.32 Å². The van der Waals surface area contributed by atoms with E-state index in [1.54, 1.807) is 6.92 Å². The molecule has 42 heavy (non-hydrogen) atoms. The molecule has 8 atom stereocenters. The minimum atomic E-state index is -0.224. The maximum absolute atomic E-state index is 12.7. The number of carbonyl (C=O) groups is 3. The van der Waals surface area contributed by atoms with Crippen molar-refractivity contribution in [3.63, 3.8) is 0 Å². The smallest absolute Gasteiger partial charge is 0.319 e. The number of urea groups is 1. The fraction of sp³-hybridized carbons (Fsp3) is 0.528. The second kappa shape index (κ2) is 11.3. The van der Waals surface area contributed by atoms with E-state index in [4.69, 9.17) is 0 Å². The predicted octanol–water partition coefficient (Wildman–Crippen LogP) is 8.38. The number of hydrogen-bond donors (Lipinski definition) is 2. The number of benzene rings is 2. The molecule has 2 aromatic carbocycles. The summed E-state index contributed by atoms with van der Waals surface area (Å²) in [4.78, 5) is 39.1. The van der Waals surface area contributed by atoms with E-state index in [1.807, 2.05) is 67.2 Å². The molecule has 2 aromatic rings. The van der Waals surface area contributed by atoms with Crippen molar-refractivity contribution in [3.05, 3.63) is 71.8 Å². The van der Waals surface area contributed by atoms with Gasteiger partial charge in [-0.3, -0.25) is 9.59 Å². The number of carbonyl (C=O) groups excluding carboxylic acids is 3. The lowest BCUT2D eigenvalue weighted by atomic mass is 9.46. The number of allylic oxidation sites excluding steroid dienone is 1. The van der Waals surface area contributed by atoms with Gasteiger partial charge in [0.05, 0.1) is 6.04 Å². The van der Waals surface area contributed by atoms with Crippen LogP contribution in [0.3, 0.4) is 0 Å². The van der Waals surface area contributed by atoms with Crippen LogP contribution in [0.5, 0.6) is 0 Å². The molecule has 0 aliphatic heterocycles. The van der Waals surface area contributed by atoms with Gasteiger partial charge in [-0.05, 0) is 117 Å². The highest BCUT2D eigenvalue weighted by Gasteiger charge is 2.62. The molecular formula is C36H44N2O3S. The van der Waals surface area contributed by atoms with E-state index < -0.39 is 0 Å². The van der Waals surface area contributed by atoms with Gasteiger partial charge < -0.3 is 10.6 Å². The van der Waals surface area contributed by atoms with Crippen LogP contribution in [0.1, 0.15) is 84.2 Å². The zero-order chi connectivity index (χ0) is 29.6. The zero-order valence-corrected chi connectivity index (χ0v) is 26.1. The van der Waals surface area contributed by atoms with Crippen LogP contribution in [-0.2, 0) is 9.59 Å². The molecule has 0 unspecified atom stereocenters. The van der Waals surface area contributed by atoms with Crippen LogP contribution in [0.25, 0.3) is 0 Å². The van der Waals surface area contributed by atoms with Gasteiger partial charge >= 0.3 is 6.03 Å². The Morgan fingerprint density at radius 2 is 1.69 bits per heavy atom. The summed E-state index contributed by atoms with van der Waals surface area (Å²) in [6.45, 7) is 8.60. The number of thioether (sulfide) groups is 1. The Labute approximate surface area is 254 Å². The minimum Gasteiger partial charge on any atom is -0.331 e. The van der Waals surface area contributed by atoms with Crippen LogP contribution in [0.15, 0.2) is 71.1 Å².